The van der Waals surface area contributed by atoms with Crippen LogP contribution in [0, 0.1) is 0 Å². The van der Waals surface area contributed by atoms with Crippen LogP contribution in [-0.4, -0.2) is 18.3 Å². The van der Waals surface area contributed by atoms with Crippen molar-refractivity contribution in [1.29, 1.82) is 0 Å². The van der Waals surface area contributed by atoms with Crippen LogP contribution in [0.5, 0.6) is 0 Å². The molecule has 0 spiro atoms. The summed E-state index contributed by atoms with van der Waals surface area (Å²) in [6.07, 6.45) is 2.07. The summed E-state index contributed by atoms with van der Waals surface area (Å²) in [5.41, 5.74) is 6.36. The summed E-state index contributed by atoms with van der Waals surface area (Å²) >= 11 is -1.89. The molecule has 0 atom stereocenters. The predicted octanol–water partition coefficient (Wildman–Crippen LogP) is 7.37. The van der Waals surface area contributed by atoms with E-state index in [1.807, 2.05) is 24.3 Å². The molecule has 0 fully saturated rings. The third-order valence-electron chi connectivity index (χ3n) is 5.71. The zero-order chi connectivity index (χ0) is 21.4. The summed E-state index contributed by atoms with van der Waals surface area (Å²) in [6.45, 7) is 0. The molecule has 0 bridgehead atoms. The van der Waals surface area contributed by atoms with Crippen LogP contribution >= 0.6 is 0 Å². The maximum absolute atomic E-state index is 6.34. The zero-order valence-electron chi connectivity index (χ0n) is 18.1. The van der Waals surface area contributed by atoms with Gasteiger partial charge in [-0.25, -0.2) is 0 Å². The zero-order valence-corrected chi connectivity index (χ0v) is 20.2. The number of benzene rings is 3. The number of aromatic nitrogens is 1. The second kappa shape index (κ2) is 7.86. The Hall–Kier alpha value is -3.11. The number of furan rings is 1. The van der Waals surface area contributed by atoms with Crippen molar-refractivity contribution in [2.75, 3.05) is 0 Å². The second-order valence-electron chi connectivity index (χ2n) is 8.96. The van der Waals surface area contributed by atoms with Gasteiger partial charge < -0.3 is 0 Å². The van der Waals surface area contributed by atoms with Crippen molar-refractivity contribution in [3.63, 3.8) is 0 Å². The van der Waals surface area contributed by atoms with Gasteiger partial charge in [0.2, 0.25) is 0 Å². The Morgan fingerprint density at radius 3 is 1.97 bits per heavy atom. The van der Waals surface area contributed by atoms with E-state index in [0.717, 1.165) is 33.6 Å². The Labute approximate surface area is 185 Å². The molecule has 0 amide bonds. The molecule has 3 heteroatoms. The quantitative estimate of drug-likeness (QED) is 0.260. The van der Waals surface area contributed by atoms with Gasteiger partial charge in [0.05, 0.1) is 0 Å². The summed E-state index contributed by atoms with van der Waals surface area (Å²) in [5.74, 6) is 8.06. The van der Waals surface area contributed by atoms with Gasteiger partial charge in [-0.15, -0.1) is 0 Å². The first kappa shape index (κ1) is 19.8. The van der Waals surface area contributed by atoms with Gasteiger partial charge in [0.25, 0.3) is 0 Å². The number of hydrogen-bond donors (Lipinski definition) is 0. The van der Waals surface area contributed by atoms with Crippen molar-refractivity contribution >= 4 is 28.6 Å². The third-order valence-corrected chi connectivity index (χ3v) is 9.96. The van der Waals surface area contributed by atoms with Crippen LogP contribution in [0.15, 0.2) is 102 Å². The van der Waals surface area contributed by atoms with E-state index in [4.69, 9.17) is 9.40 Å². The number of pyridine rings is 1. The molecular formula is C28H25GeNO. The monoisotopic (exact) mass is 465 g/mol. The molecule has 0 saturated heterocycles. The SMILES string of the molecule is [CH3][Ge]([CH3])([CH3])[c]1ccc(-c2cc(-c3ccccc3)c3cc(-c4ccccc4)oc3c2)nc1. The van der Waals surface area contributed by atoms with Gasteiger partial charge in [-0.3, -0.25) is 0 Å². The van der Waals surface area contributed by atoms with E-state index >= 15 is 0 Å². The summed E-state index contributed by atoms with van der Waals surface area (Å²) < 4.78 is 7.75. The summed E-state index contributed by atoms with van der Waals surface area (Å²) in [6, 6.07) is 31.7. The number of nitrogens with zero attached hydrogens (tertiary/aromatic N) is 1. The number of fused-ring (bicyclic) bond motifs is 1. The second-order valence-corrected chi connectivity index (χ2v) is 19.6. The fraction of sp³-hybridized carbons (Fsp3) is 0.107. The van der Waals surface area contributed by atoms with E-state index in [9.17, 15) is 0 Å². The molecule has 2 nitrogen and oxygen atoms in total. The molecule has 5 rings (SSSR count). The number of rotatable bonds is 4. The van der Waals surface area contributed by atoms with Gasteiger partial charge in [-0.1, -0.05) is 6.07 Å². The minimum atomic E-state index is -1.89. The van der Waals surface area contributed by atoms with Gasteiger partial charge in [-0.05, 0) is 0 Å². The third kappa shape index (κ3) is 3.96. The van der Waals surface area contributed by atoms with E-state index in [1.54, 1.807) is 0 Å². The van der Waals surface area contributed by atoms with Crippen molar-refractivity contribution in [3.8, 4) is 33.7 Å². The fourth-order valence-corrected chi connectivity index (χ4v) is 6.07. The van der Waals surface area contributed by atoms with Gasteiger partial charge in [0, 0.05) is 0 Å². The van der Waals surface area contributed by atoms with Crippen LogP contribution in [0.1, 0.15) is 0 Å². The Bertz CT molecular complexity index is 1330. The van der Waals surface area contributed by atoms with E-state index < -0.39 is 13.3 Å². The molecule has 2 aromatic heterocycles. The van der Waals surface area contributed by atoms with Gasteiger partial charge in [0.15, 0.2) is 0 Å². The Morgan fingerprint density at radius 1 is 0.677 bits per heavy atom. The first-order chi connectivity index (χ1) is 15.0. The maximum atomic E-state index is 6.34. The van der Waals surface area contributed by atoms with Crippen molar-refractivity contribution in [1.82, 2.24) is 4.98 Å². The number of hydrogen-bond acceptors (Lipinski definition) is 2. The van der Waals surface area contributed by atoms with E-state index in [-0.39, 0.29) is 0 Å². The Balaban J connectivity index is 1.69. The van der Waals surface area contributed by atoms with Crippen LogP contribution in [0.2, 0.25) is 17.3 Å². The van der Waals surface area contributed by atoms with Crippen LogP contribution in [0.25, 0.3) is 44.7 Å². The van der Waals surface area contributed by atoms with Gasteiger partial charge in [0.1, 0.15) is 0 Å². The van der Waals surface area contributed by atoms with Crippen LogP contribution in [0.4, 0.5) is 0 Å². The average molecular weight is 464 g/mol. The van der Waals surface area contributed by atoms with E-state index in [0.29, 0.717) is 0 Å². The van der Waals surface area contributed by atoms with Gasteiger partial charge >= 0.3 is 180 Å². The van der Waals surface area contributed by atoms with Crippen LogP contribution in [-0.2, 0) is 0 Å². The van der Waals surface area contributed by atoms with Gasteiger partial charge in [-0.2, -0.15) is 0 Å². The molecule has 5 aromatic rings. The molecule has 0 aliphatic carbocycles. The molecule has 0 aliphatic rings. The van der Waals surface area contributed by atoms with E-state index in [1.165, 1.54) is 15.5 Å². The molecular weight excluding hydrogens is 439 g/mol. The topological polar surface area (TPSA) is 26.0 Å². The Kier molecular flexibility index (Phi) is 5.03. The summed E-state index contributed by atoms with van der Waals surface area (Å²) in [7, 11) is 0. The molecule has 0 N–H and O–H groups in total. The molecule has 3 aromatic carbocycles. The van der Waals surface area contributed by atoms with Crippen molar-refractivity contribution in [3.05, 3.63) is 97.2 Å². The molecule has 0 saturated carbocycles. The molecule has 2 heterocycles. The van der Waals surface area contributed by atoms with Crippen molar-refractivity contribution in [2.45, 2.75) is 17.3 Å². The Morgan fingerprint density at radius 2 is 1.35 bits per heavy atom. The average Bonchev–Trinajstić information content (AvgIpc) is 3.23. The first-order valence-electron chi connectivity index (χ1n) is 10.6. The minimum absolute atomic E-state index is 0.883. The molecule has 0 radical (unpaired) electrons. The molecule has 0 unspecified atom stereocenters. The van der Waals surface area contributed by atoms with Crippen LogP contribution < -0.4 is 4.40 Å². The van der Waals surface area contributed by atoms with Crippen LogP contribution in [0.3, 0.4) is 0 Å². The summed E-state index contributed by atoms with van der Waals surface area (Å²) in [4.78, 5) is 4.83. The predicted molar refractivity (Wildman–Crippen MR) is 133 cm³/mol. The summed E-state index contributed by atoms with van der Waals surface area (Å²) in [5, 5.41) is 1.12. The fourth-order valence-electron chi connectivity index (χ4n) is 3.90. The standard InChI is InChI=1S/C28H25GeNO/c1-29(2,3)23-14-15-26(30-19-23)22-16-24(20-10-6-4-7-11-20)25-18-27(31-28(25)17-22)21-12-8-5-9-13-21/h4-19H,1-3H3. The molecule has 31 heavy (non-hydrogen) atoms. The van der Waals surface area contributed by atoms with Crippen molar-refractivity contribution in [2.24, 2.45) is 0 Å². The van der Waals surface area contributed by atoms with Crippen molar-refractivity contribution < 1.29 is 4.42 Å². The normalized spacial score (nSPS) is 11.7. The first-order valence-corrected chi connectivity index (χ1v) is 18.0. The van der Waals surface area contributed by atoms with E-state index in [2.05, 4.69) is 90.2 Å². The molecule has 0 aliphatic heterocycles. The molecule has 152 valence electrons.